The molecule has 1 nitrogen and oxygen atoms in total. The largest absolute Gasteiger partial charge is 0.310 e. The third kappa shape index (κ3) is 4.70. The molecule has 1 heteroatoms. The lowest BCUT2D eigenvalue weighted by atomic mass is 9.67. The molecule has 8 aromatic rings. The third-order valence-electron chi connectivity index (χ3n) is 11.4. The first-order valence-corrected chi connectivity index (χ1v) is 18.2. The second kappa shape index (κ2) is 12.1. The van der Waals surface area contributed by atoms with E-state index < -0.39 is 11.5 Å². The number of hydrogen-bond acceptors (Lipinski definition) is 1. The van der Waals surface area contributed by atoms with E-state index in [-0.39, 0.29) is 35.1 Å². The molecule has 0 saturated heterocycles. The van der Waals surface area contributed by atoms with Crippen LogP contribution in [0.1, 0.15) is 54.1 Å². The molecule has 0 amide bonds. The van der Waals surface area contributed by atoms with E-state index in [4.69, 9.17) is 6.85 Å². The summed E-state index contributed by atoms with van der Waals surface area (Å²) in [6, 6.07) is 58.8. The van der Waals surface area contributed by atoms with Gasteiger partial charge in [0.15, 0.2) is 0 Å². The number of anilines is 3. The van der Waals surface area contributed by atoms with Crippen LogP contribution in [-0.4, -0.2) is 0 Å². The van der Waals surface area contributed by atoms with Crippen molar-refractivity contribution in [2.24, 2.45) is 0 Å². The summed E-state index contributed by atoms with van der Waals surface area (Å²) in [5.74, 6) is 0. The Morgan fingerprint density at radius 2 is 0.925 bits per heavy atom. The molecule has 0 aliphatic heterocycles. The number of nitrogens with zero attached hydrogens (tertiary/aromatic N) is 1. The summed E-state index contributed by atoms with van der Waals surface area (Å²) in [6.45, 7) is 4.58. The average Bonchev–Trinajstić information content (AvgIpc) is 3.69. The van der Waals surface area contributed by atoms with Crippen LogP contribution < -0.4 is 4.90 Å². The van der Waals surface area contributed by atoms with Gasteiger partial charge < -0.3 is 4.90 Å². The van der Waals surface area contributed by atoms with Crippen molar-refractivity contribution < 1.29 is 6.85 Å². The fraction of sp³-hybridized carbons (Fsp3) is 0.0769. The van der Waals surface area contributed by atoms with Crippen molar-refractivity contribution in [3.63, 3.8) is 0 Å². The van der Waals surface area contributed by atoms with Crippen LogP contribution in [0.15, 0.2) is 200 Å². The van der Waals surface area contributed by atoms with Crippen LogP contribution >= 0.6 is 0 Å². The first-order chi connectivity index (χ1) is 28.1. The summed E-state index contributed by atoms with van der Waals surface area (Å²) in [6.07, 6.45) is 0. The molecule has 0 fully saturated rings. The molecule has 0 spiro atoms. The number of benzene rings is 8. The smallest absolute Gasteiger partial charge is 0.0714 e. The molecule has 0 unspecified atom stereocenters. The molecule has 2 aliphatic carbocycles. The maximum atomic E-state index is 8.66. The van der Waals surface area contributed by atoms with E-state index in [1.165, 1.54) is 50.1 Å². The number of hydrogen-bond donors (Lipinski definition) is 0. The fourth-order valence-electron chi connectivity index (χ4n) is 9.04. The Morgan fingerprint density at radius 1 is 0.396 bits per heavy atom. The quantitative estimate of drug-likeness (QED) is 0.169. The SMILES string of the molecule is [2H]c1c([2H])c([2H])c(-c2ccc(N(c3cccc(C4(c5ccccc5)c5ccccc5-c5ccccc54)c3)c3ccc4c(c3)C(C)(C)c3ccccc3-4)cc2)c([2H])c1[2H]. The Kier molecular flexibility index (Phi) is 6.00. The van der Waals surface area contributed by atoms with E-state index in [1.54, 1.807) is 0 Å². The maximum absolute atomic E-state index is 8.66. The zero-order chi connectivity index (χ0) is 39.9. The normalized spacial score (nSPS) is 15.5. The standard InChI is InChI=1S/C52H39N/c1-51(2)47-25-12-9-22-43(47)46-33-32-42(35-50(46)51)53(40-30-28-37(29-31-40)36-16-5-3-6-17-36)41-21-15-20-39(34-41)52(38-18-7-4-8-19-38)48-26-13-10-23-44(48)45-24-11-14-27-49(45)52/h3-35H,1-2H3/i3D,5D,6D,16D,17D. The van der Waals surface area contributed by atoms with Crippen LogP contribution in [0.3, 0.4) is 0 Å². The summed E-state index contributed by atoms with van der Waals surface area (Å²) in [5.41, 5.74) is 15.1. The van der Waals surface area contributed by atoms with E-state index >= 15 is 0 Å². The zero-order valence-electron chi connectivity index (χ0n) is 34.6. The Labute approximate surface area is 319 Å². The molecule has 0 heterocycles. The van der Waals surface area contributed by atoms with Gasteiger partial charge in [-0.1, -0.05) is 178 Å². The number of rotatable bonds is 6. The lowest BCUT2D eigenvalue weighted by Crippen LogP contribution is -2.28. The minimum absolute atomic E-state index is 0.187. The van der Waals surface area contributed by atoms with Crippen molar-refractivity contribution in [2.75, 3.05) is 4.90 Å². The van der Waals surface area contributed by atoms with Crippen LogP contribution in [-0.2, 0) is 10.8 Å². The van der Waals surface area contributed by atoms with Gasteiger partial charge in [0.05, 0.1) is 12.3 Å². The molecular weight excluding hydrogens is 639 g/mol. The van der Waals surface area contributed by atoms with Crippen LogP contribution in [0.25, 0.3) is 33.4 Å². The highest BCUT2D eigenvalue weighted by Crippen LogP contribution is 2.57. The van der Waals surface area contributed by atoms with E-state index in [1.807, 2.05) is 24.3 Å². The lowest BCUT2D eigenvalue weighted by Gasteiger charge is -2.35. The Morgan fingerprint density at radius 3 is 1.60 bits per heavy atom. The minimum Gasteiger partial charge on any atom is -0.310 e. The highest BCUT2D eigenvalue weighted by atomic mass is 15.1. The monoisotopic (exact) mass is 682 g/mol. The summed E-state index contributed by atoms with van der Waals surface area (Å²) in [5, 5.41) is 0. The Hall–Kier alpha value is -6.44. The van der Waals surface area contributed by atoms with Gasteiger partial charge in [-0.2, -0.15) is 0 Å². The molecule has 0 radical (unpaired) electrons. The van der Waals surface area contributed by atoms with E-state index in [9.17, 15) is 0 Å². The first kappa shape index (κ1) is 26.4. The topological polar surface area (TPSA) is 3.24 Å². The van der Waals surface area contributed by atoms with Crippen molar-refractivity contribution in [3.8, 4) is 33.4 Å². The Bertz CT molecular complexity index is 2860. The minimum atomic E-state index is -0.581. The second-order valence-corrected chi connectivity index (χ2v) is 14.5. The van der Waals surface area contributed by atoms with Gasteiger partial charge in [0.2, 0.25) is 0 Å². The van der Waals surface area contributed by atoms with Gasteiger partial charge in [-0.05, 0) is 103 Å². The molecule has 0 bridgehead atoms. The van der Waals surface area contributed by atoms with Crippen molar-refractivity contribution in [1.29, 1.82) is 0 Å². The maximum Gasteiger partial charge on any atom is 0.0714 e. The molecule has 252 valence electrons. The van der Waals surface area contributed by atoms with Crippen LogP contribution in [0.2, 0.25) is 0 Å². The summed E-state index contributed by atoms with van der Waals surface area (Å²) in [4.78, 5) is 2.28. The highest BCUT2D eigenvalue weighted by Gasteiger charge is 2.46. The van der Waals surface area contributed by atoms with E-state index in [0.29, 0.717) is 5.56 Å². The average molecular weight is 683 g/mol. The van der Waals surface area contributed by atoms with Gasteiger partial charge in [0.25, 0.3) is 0 Å². The molecule has 0 aromatic heterocycles. The van der Waals surface area contributed by atoms with Crippen molar-refractivity contribution in [3.05, 3.63) is 233 Å². The zero-order valence-corrected chi connectivity index (χ0v) is 29.6. The van der Waals surface area contributed by atoms with Crippen molar-refractivity contribution in [2.45, 2.75) is 24.7 Å². The summed E-state index contributed by atoms with van der Waals surface area (Å²) in [7, 11) is 0. The van der Waals surface area contributed by atoms with E-state index in [2.05, 4.69) is 164 Å². The fourth-order valence-corrected chi connectivity index (χ4v) is 9.04. The molecule has 0 atom stereocenters. The Balaban J connectivity index is 1.20. The molecule has 2 aliphatic rings. The van der Waals surface area contributed by atoms with Crippen LogP contribution in [0.4, 0.5) is 17.1 Å². The number of fused-ring (bicyclic) bond motifs is 6. The molecule has 0 saturated carbocycles. The highest BCUT2D eigenvalue weighted by molar-refractivity contribution is 5.89. The molecule has 0 N–H and O–H groups in total. The van der Waals surface area contributed by atoms with Crippen LogP contribution in [0.5, 0.6) is 0 Å². The second-order valence-electron chi connectivity index (χ2n) is 14.5. The predicted molar refractivity (Wildman–Crippen MR) is 221 cm³/mol. The summed E-state index contributed by atoms with van der Waals surface area (Å²) >= 11 is 0. The van der Waals surface area contributed by atoms with Gasteiger partial charge in [-0.15, -0.1) is 0 Å². The van der Waals surface area contributed by atoms with Crippen molar-refractivity contribution >= 4 is 17.1 Å². The van der Waals surface area contributed by atoms with Gasteiger partial charge >= 0.3 is 0 Å². The van der Waals surface area contributed by atoms with Gasteiger partial charge in [-0.3, -0.25) is 0 Å². The van der Waals surface area contributed by atoms with Gasteiger partial charge in [0, 0.05) is 22.5 Å². The molecule has 10 rings (SSSR count). The van der Waals surface area contributed by atoms with Crippen molar-refractivity contribution in [1.82, 2.24) is 0 Å². The third-order valence-corrected chi connectivity index (χ3v) is 11.4. The molecular formula is C52H39N. The van der Waals surface area contributed by atoms with Crippen LogP contribution in [0, 0.1) is 0 Å². The molecule has 8 aromatic carbocycles. The molecule has 53 heavy (non-hydrogen) atoms. The van der Waals surface area contributed by atoms with Gasteiger partial charge in [0.1, 0.15) is 0 Å². The van der Waals surface area contributed by atoms with E-state index in [0.717, 1.165) is 22.6 Å². The lowest BCUT2D eigenvalue weighted by molar-refractivity contribution is 0.660. The predicted octanol–water partition coefficient (Wildman–Crippen LogP) is 13.5. The summed E-state index contributed by atoms with van der Waals surface area (Å²) < 4.78 is 42.1. The van der Waals surface area contributed by atoms with Gasteiger partial charge in [-0.25, -0.2) is 0 Å². The first-order valence-electron chi connectivity index (χ1n) is 20.7.